The number of carbonyl (C=O) groups is 1. The highest BCUT2D eigenvalue weighted by Crippen LogP contribution is 2.23. The molecule has 0 bridgehead atoms. The van der Waals surface area contributed by atoms with E-state index in [0.717, 1.165) is 17.1 Å². The molecule has 0 aliphatic heterocycles. The fourth-order valence-electron chi connectivity index (χ4n) is 2.20. The normalized spacial score (nSPS) is 11.7. The monoisotopic (exact) mass is 375 g/mol. The summed E-state index contributed by atoms with van der Waals surface area (Å²) in [5.41, 5.74) is 6.76. The molecule has 1 atom stereocenters. The van der Waals surface area contributed by atoms with E-state index in [1.165, 1.54) is 0 Å². The lowest BCUT2D eigenvalue weighted by molar-refractivity contribution is -0.122. The van der Waals surface area contributed by atoms with E-state index < -0.39 is 6.04 Å². The number of pyridine rings is 1. The van der Waals surface area contributed by atoms with Crippen molar-refractivity contribution in [3.8, 4) is 17.4 Å². The van der Waals surface area contributed by atoms with Gasteiger partial charge in [-0.3, -0.25) is 4.79 Å². The number of ether oxygens (including phenoxy) is 2. The fraction of sp³-hybridized carbons (Fsp3) is 0.368. The lowest BCUT2D eigenvalue weighted by Crippen LogP contribution is -2.40. The van der Waals surface area contributed by atoms with Crippen LogP contribution in [0.5, 0.6) is 17.4 Å². The Morgan fingerprint density at radius 2 is 2.00 bits per heavy atom. The maximum absolute atomic E-state index is 12.0. The molecule has 0 fully saturated rings. The van der Waals surface area contributed by atoms with Gasteiger partial charge in [0.1, 0.15) is 11.5 Å². The van der Waals surface area contributed by atoms with Gasteiger partial charge in [-0.1, -0.05) is 0 Å². The van der Waals surface area contributed by atoms with E-state index in [9.17, 15) is 4.79 Å². The Bertz CT molecular complexity index is 695. The minimum absolute atomic E-state index is 0.148. The molecular formula is C19H25N3O3S. The predicted molar refractivity (Wildman–Crippen MR) is 105 cm³/mol. The summed E-state index contributed by atoms with van der Waals surface area (Å²) in [5, 5.41) is 2.85. The molecule has 6 nitrogen and oxygen atoms in total. The first-order valence-corrected chi connectivity index (χ1v) is 9.89. The number of aromatic nitrogens is 1. The Hall–Kier alpha value is -2.25. The summed E-state index contributed by atoms with van der Waals surface area (Å²) in [6, 6.07) is 10.5. The van der Waals surface area contributed by atoms with Crippen LogP contribution < -0.4 is 20.5 Å². The molecule has 3 N–H and O–H groups in total. The topological polar surface area (TPSA) is 86.5 Å². The molecule has 0 saturated heterocycles. The Morgan fingerprint density at radius 1 is 1.27 bits per heavy atom. The van der Waals surface area contributed by atoms with E-state index in [0.29, 0.717) is 31.2 Å². The number of nitrogens with two attached hydrogens (primary N) is 1. The maximum atomic E-state index is 12.0. The van der Waals surface area contributed by atoms with E-state index in [-0.39, 0.29) is 5.91 Å². The van der Waals surface area contributed by atoms with Crippen molar-refractivity contribution in [2.45, 2.75) is 25.9 Å². The number of hydrogen-bond acceptors (Lipinski definition) is 6. The van der Waals surface area contributed by atoms with Crippen molar-refractivity contribution in [2.24, 2.45) is 5.73 Å². The van der Waals surface area contributed by atoms with Crippen molar-refractivity contribution in [3.05, 3.63) is 48.2 Å². The summed E-state index contributed by atoms with van der Waals surface area (Å²) in [6.45, 7) is 2.94. The SMILES string of the molecule is CCOc1ccc(Oc2cc(CNC(=O)[C@@H](N)CCSC)ccn2)cc1. The van der Waals surface area contributed by atoms with E-state index in [1.807, 2.05) is 43.5 Å². The largest absolute Gasteiger partial charge is 0.494 e. The molecule has 1 heterocycles. The molecule has 7 heteroatoms. The van der Waals surface area contributed by atoms with Crippen LogP contribution in [0.1, 0.15) is 18.9 Å². The minimum Gasteiger partial charge on any atom is -0.494 e. The van der Waals surface area contributed by atoms with Gasteiger partial charge in [0.25, 0.3) is 0 Å². The Balaban J connectivity index is 1.90. The van der Waals surface area contributed by atoms with Crippen LogP contribution in [0.25, 0.3) is 0 Å². The summed E-state index contributed by atoms with van der Waals surface area (Å²) in [4.78, 5) is 16.2. The number of amides is 1. The second-order valence-electron chi connectivity index (χ2n) is 5.61. The van der Waals surface area contributed by atoms with Crippen LogP contribution in [-0.2, 0) is 11.3 Å². The third-order valence-corrected chi connectivity index (χ3v) is 4.24. The summed E-state index contributed by atoms with van der Waals surface area (Å²) in [6.07, 6.45) is 4.31. The molecule has 2 rings (SSSR count). The molecule has 2 aromatic rings. The predicted octanol–water partition coefficient (Wildman–Crippen LogP) is 2.97. The van der Waals surface area contributed by atoms with Crippen LogP contribution >= 0.6 is 11.8 Å². The fourth-order valence-corrected chi connectivity index (χ4v) is 2.69. The number of hydrogen-bond donors (Lipinski definition) is 2. The smallest absolute Gasteiger partial charge is 0.237 e. The van der Waals surface area contributed by atoms with Crippen molar-refractivity contribution in [2.75, 3.05) is 18.6 Å². The Kier molecular flexibility index (Phi) is 8.24. The van der Waals surface area contributed by atoms with Crippen molar-refractivity contribution in [1.29, 1.82) is 0 Å². The van der Waals surface area contributed by atoms with Crippen LogP contribution in [0.15, 0.2) is 42.6 Å². The van der Waals surface area contributed by atoms with E-state index in [1.54, 1.807) is 24.0 Å². The maximum Gasteiger partial charge on any atom is 0.237 e. The second-order valence-corrected chi connectivity index (χ2v) is 6.60. The van der Waals surface area contributed by atoms with Crippen LogP contribution in [0, 0.1) is 0 Å². The summed E-state index contributed by atoms with van der Waals surface area (Å²) in [5.74, 6) is 2.64. The third kappa shape index (κ3) is 6.57. The van der Waals surface area contributed by atoms with Gasteiger partial charge in [-0.2, -0.15) is 11.8 Å². The molecule has 0 unspecified atom stereocenters. The van der Waals surface area contributed by atoms with Crippen molar-refractivity contribution in [3.63, 3.8) is 0 Å². The van der Waals surface area contributed by atoms with Crippen LogP contribution in [-0.4, -0.2) is 35.5 Å². The van der Waals surface area contributed by atoms with Crippen LogP contribution in [0.2, 0.25) is 0 Å². The quantitative estimate of drug-likeness (QED) is 0.664. The lowest BCUT2D eigenvalue weighted by atomic mass is 10.2. The molecule has 1 aromatic carbocycles. The number of nitrogens with zero attached hydrogens (tertiary/aromatic N) is 1. The molecule has 1 amide bonds. The minimum atomic E-state index is -0.483. The van der Waals surface area contributed by atoms with Crippen molar-refractivity contribution in [1.82, 2.24) is 10.3 Å². The second kappa shape index (κ2) is 10.7. The number of benzene rings is 1. The van der Waals surface area contributed by atoms with Crippen molar-refractivity contribution >= 4 is 17.7 Å². The zero-order chi connectivity index (χ0) is 18.8. The summed E-state index contributed by atoms with van der Waals surface area (Å²) >= 11 is 1.68. The van der Waals surface area contributed by atoms with Gasteiger partial charge in [0, 0.05) is 18.8 Å². The van der Waals surface area contributed by atoms with Gasteiger partial charge in [0.15, 0.2) is 0 Å². The van der Waals surface area contributed by atoms with Crippen LogP contribution in [0.3, 0.4) is 0 Å². The molecule has 26 heavy (non-hydrogen) atoms. The van der Waals surface area contributed by atoms with Crippen LogP contribution in [0.4, 0.5) is 0 Å². The molecule has 0 saturated carbocycles. The van der Waals surface area contributed by atoms with E-state index in [2.05, 4.69) is 10.3 Å². The van der Waals surface area contributed by atoms with Gasteiger partial charge in [-0.15, -0.1) is 0 Å². The summed E-state index contributed by atoms with van der Waals surface area (Å²) in [7, 11) is 0. The Labute approximate surface area is 158 Å². The van der Waals surface area contributed by atoms with Gasteiger partial charge >= 0.3 is 0 Å². The van der Waals surface area contributed by atoms with E-state index in [4.69, 9.17) is 15.2 Å². The highest BCUT2D eigenvalue weighted by atomic mass is 32.2. The molecule has 0 spiro atoms. The first-order valence-electron chi connectivity index (χ1n) is 8.50. The number of carbonyl (C=O) groups excluding carboxylic acids is 1. The molecule has 0 radical (unpaired) electrons. The molecular weight excluding hydrogens is 350 g/mol. The molecule has 1 aromatic heterocycles. The number of nitrogens with one attached hydrogen (secondary N) is 1. The third-order valence-electron chi connectivity index (χ3n) is 3.59. The average molecular weight is 375 g/mol. The van der Waals surface area contributed by atoms with Gasteiger partial charge in [0.05, 0.1) is 12.6 Å². The van der Waals surface area contributed by atoms with Gasteiger partial charge in [0.2, 0.25) is 11.8 Å². The van der Waals surface area contributed by atoms with Gasteiger partial charge < -0.3 is 20.5 Å². The number of thioether (sulfide) groups is 1. The number of rotatable bonds is 10. The highest BCUT2D eigenvalue weighted by Gasteiger charge is 2.12. The van der Waals surface area contributed by atoms with Gasteiger partial charge in [-0.25, -0.2) is 4.98 Å². The lowest BCUT2D eigenvalue weighted by Gasteiger charge is -2.12. The zero-order valence-electron chi connectivity index (χ0n) is 15.1. The Morgan fingerprint density at radius 3 is 2.69 bits per heavy atom. The standard InChI is InChI=1S/C19H25N3O3S/c1-3-24-15-4-6-16(7-5-15)25-18-12-14(8-10-21-18)13-22-19(23)17(20)9-11-26-2/h4-8,10,12,17H,3,9,11,13,20H2,1-2H3,(H,22,23)/t17-/m0/s1. The van der Waals surface area contributed by atoms with Crippen molar-refractivity contribution < 1.29 is 14.3 Å². The van der Waals surface area contributed by atoms with Gasteiger partial charge in [-0.05, 0) is 61.2 Å². The zero-order valence-corrected chi connectivity index (χ0v) is 15.9. The molecule has 0 aliphatic carbocycles. The van der Waals surface area contributed by atoms with E-state index >= 15 is 0 Å². The first kappa shape index (κ1) is 20.1. The average Bonchev–Trinajstić information content (AvgIpc) is 2.66. The highest BCUT2D eigenvalue weighted by molar-refractivity contribution is 7.98. The first-order chi connectivity index (χ1) is 12.6. The molecule has 0 aliphatic rings. The summed E-state index contributed by atoms with van der Waals surface area (Å²) < 4.78 is 11.2. The molecule has 140 valence electrons.